The first kappa shape index (κ1) is 21.6. The highest BCUT2D eigenvalue weighted by Gasteiger charge is 2.31. The van der Waals surface area contributed by atoms with Gasteiger partial charge in [0.15, 0.2) is 0 Å². The summed E-state index contributed by atoms with van der Waals surface area (Å²) >= 11 is 6.08. The zero-order valence-corrected chi connectivity index (χ0v) is 18.3. The molecule has 3 rings (SSSR count). The van der Waals surface area contributed by atoms with Gasteiger partial charge in [0.2, 0.25) is 10.0 Å². The zero-order valence-electron chi connectivity index (χ0n) is 16.7. The van der Waals surface area contributed by atoms with Crippen LogP contribution in [0.2, 0.25) is 5.02 Å². The molecule has 1 aliphatic rings. The van der Waals surface area contributed by atoms with E-state index in [1.807, 2.05) is 0 Å². The Kier molecular flexibility index (Phi) is 6.51. The van der Waals surface area contributed by atoms with Gasteiger partial charge in [-0.15, -0.1) is 0 Å². The Bertz CT molecular complexity index is 982. The van der Waals surface area contributed by atoms with Gasteiger partial charge in [0.05, 0.1) is 17.0 Å². The lowest BCUT2D eigenvalue weighted by atomic mass is 9.94. The van der Waals surface area contributed by atoms with E-state index in [4.69, 9.17) is 16.3 Å². The predicted octanol–water partition coefficient (Wildman–Crippen LogP) is 4.27. The summed E-state index contributed by atoms with van der Waals surface area (Å²) in [6.45, 7) is 5.17. The van der Waals surface area contributed by atoms with Crippen LogP contribution in [0.3, 0.4) is 0 Å². The molecule has 1 saturated heterocycles. The second kappa shape index (κ2) is 8.73. The van der Waals surface area contributed by atoms with Crippen molar-refractivity contribution in [3.8, 4) is 5.75 Å². The van der Waals surface area contributed by atoms with E-state index >= 15 is 0 Å². The Morgan fingerprint density at radius 2 is 1.72 bits per heavy atom. The molecule has 2 atom stereocenters. The highest BCUT2D eigenvalue weighted by Crippen LogP contribution is 2.28. The molecule has 1 N–H and O–H groups in total. The first-order chi connectivity index (χ1) is 13.7. The maximum atomic E-state index is 12.9. The number of hydrogen-bond acceptors (Lipinski definition) is 4. The van der Waals surface area contributed by atoms with Gasteiger partial charge in [-0.3, -0.25) is 4.79 Å². The van der Waals surface area contributed by atoms with Gasteiger partial charge in [-0.2, -0.15) is 4.31 Å². The van der Waals surface area contributed by atoms with Crippen LogP contribution in [0, 0.1) is 11.8 Å². The fourth-order valence-electron chi connectivity index (χ4n) is 3.68. The van der Waals surface area contributed by atoms with Gasteiger partial charge in [0, 0.05) is 24.3 Å². The fraction of sp³-hybridized carbons (Fsp3) is 0.381. The first-order valence-electron chi connectivity index (χ1n) is 9.46. The number of piperidine rings is 1. The standard InChI is InChI=1S/C21H25ClN2O4S/c1-14-10-15(2)13-24(12-14)29(26,27)18-7-4-16(5-8-18)21(25)23-17-6-9-20(28-3)19(22)11-17/h4-9,11,14-15H,10,12-13H2,1-3H3,(H,23,25)/t14-,15-/m1/s1. The number of benzene rings is 2. The van der Waals surface area contributed by atoms with Crippen LogP contribution in [-0.4, -0.2) is 38.8 Å². The quantitative estimate of drug-likeness (QED) is 0.759. The molecule has 0 radical (unpaired) electrons. The Morgan fingerprint density at radius 3 is 2.28 bits per heavy atom. The first-order valence-corrected chi connectivity index (χ1v) is 11.3. The normalized spacial score (nSPS) is 20.3. The molecule has 156 valence electrons. The van der Waals surface area contributed by atoms with E-state index in [0.29, 0.717) is 46.9 Å². The molecule has 8 heteroatoms. The molecule has 2 aromatic carbocycles. The number of sulfonamides is 1. The molecule has 0 bridgehead atoms. The number of rotatable bonds is 5. The summed E-state index contributed by atoms with van der Waals surface area (Å²) in [5.74, 6) is 0.820. The molecule has 29 heavy (non-hydrogen) atoms. The van der Waals surface area contributed by atoms with E-state index in [0.717, 1.165) is 6.42 Å². The van der Waals surface area contributed by atoms with Crippen LogP contribution >= 0.6 is 11.6 Å². The number of hydrogen-bond donors (Lipinski definition) is 1. The maximum absolute atomic E-state index is 12.9. The lowest BCUT2D eigenvalue weighted by Gasteiger charge is -2.34. The third-order valence-electron chi connectivity index (χ3n) is 5.00. The van der Waals surface area contributed by atoms with Gasteiger partial charge in [-0.05, 0) is 60.7 Å². The van der Waals surface area contributed by atoms with Crippen molar-refractivity contribution in [1.29, 1.82) is 0 Å². The Balaban J connectivity index is 1.74. The summed E-state index contributed by atoms with van der Waals surface area (Å²) in [5.41, 5.74) is 0.880. The summed E-state index contributed by atoms with van der Waals surface area (Å²) in [5, 5.41) is 3.13. The predicted molar refractivity (Wildman–Crippen MR) is 114 cm³/mol. The summed E-state index contributed by atoms with van der Waals surface area (Å²) in [6.07, 6.45) is 1.03. The van der Waals surface area contributed by atoms with Crippen molar-refractivity contribution >= 4 is 33.2 Å². The van der Waals surface area contributed by atoms with Crippen LogP contribution in [-0.2, 0) is 10.0 Å². The molecule has 0 unspecified atom stereocenters. The number of nitrogens with one attached hydrogen (secondary N) is 1. The molecular weight excluding hydrogens is 412 g/mol. The second-order valence-electron chi connectivity index (χ2n) is 7.60. The van der Waals surface area contributed by atoms with E-state index in [-0.39, 0.29) is 10.8 Å². The van der Waals surface area contributed by atoms with E-state index in [2.05, 4.69) is 19.2 Å². The Hall–Kier alpha value is -2.09. The zero-order chi connectivity index (χ0) is 21.2. The van der Waals surface area contributed by atoms with Crippen molar-refractivity contribution < 1.29 is 17.9 Å². The molecule has 1 aliphatic heterocycles. The van der Waals surface area contributed by atoms with Gasteiger partial charge in [0.25, 0.3) is 5.91 Å². The molecule has 0 aromatic heterocycles. The largest absolute Gasteiger partial charge is 0.495 e. The van der Waals surface area contributed by atoms with Crippen LogP contribution in [0.15, 0.2) is 47.4 Å². The molecule has 6 nitrogen and oxygen atoms in total. The minimum Gasteiger partial charge on any atom is -0.495 e. The minimum atomic E-state index is -3.57. The molecule has 2 aromatic rings. The lowest BCUT2D eigenvalue weighted by molar-refractivity contribution is 0.102. The van der Waals surface area contributed by atoms with Crippen molar-refractivity contribution in [2.24, 2.45) is 11.8 Å². The van der Waals surface area contributed by atoms with Crippen molar-refractivity contribution in [3.63, 3.8) is 0 Å². The van der Waals surface area contributed by atoms with Gasteiger partial charge < -0.3 is 10.1 Å². The van der Waals surface area contributed by atoms with Crippen LogP contribution in [0.5, 0.6) is 5.75 Å². The van der Waals surface area contributed by atoms with E-state index in [1.54, 1.807) is 22.5 Å². The van der Waals surface area contributed by atoms with E-state index < -0.39 is 10.0 Å². The third-order valence-corrected chi connectivity index (χ3v) is 7.14. The highest BCUT2D eigenvalue weighted by molar-refractivity contribution is 7.89. The molecular formula is C21H25ClN2O4S. The van der Waals surface area contributed by atoms with E-state index in [1.165, 1.54) is 31.4 Å². The lowest BCUT2D eigenvalue weighted by Crippen LogP contribution is -2.42. The number of carbonyl (C=O) groups is 1. The number of anilines is 1. The summed E-state index contributed by atoms with van der Waals surface area (Å²) in [6, 6.07) is 10.9. The smallest absolute Gasteiger partial charge is 0.255 e. The monoisotopic (exact) mass is 436 g/mol. The average Bonchev–Trinajstić information content (AvgIpc) is 2.67. The van der Waals surface area contributed by atoms with Crippen LogP contribution < -0.4 is 10.1 Å². The van der Waals surface area contributed by atoms with Crippen LogP contribution in [0.1, 0.15) is 30.6 Å². The van der Waals surface area contributed by atoms with E-state index in [9.17, 15) is 13.2 Å². The second-order valence-corrected chi connectivity index (χ2v) is 9.94. The van der Waals surface area contributed by atoms with Gasteiger partial charge in [-0.25, -0.2) is 8.42 Å². The number of methoxy groups -OCH3 is 1. The van der Waals surface area contributed by atoms with Gasteiger partial charge >= 0.3 is 0 Å². The summed E-state index contributed by atoms with van der Waals surface area (Å²) in [4.78, 5) is 12.7. The number of nitrogens with zero attached hydrogens (tertiary/aromatic N) is 1. The fourth-order valence-corrected chi connectivity index (χ4v) is 5.61. The SMILES string of the molecule is COc1ccc(NC(=O)c2ccc(S(=O)(=O)N3C[C@H](C)C[C@@H](C)C3)cc2)cc1Cl. The molecule has 1 amide bonds. The molecule has 0 saturated carbocycles. The Morgan fingerprint density at radius 1 is 1.10 bits per heavy atom. The van der Waals surface area contributed by atoms with Crippen molar-refractivity contribution in [2.75, 3.05) is 25.5 Å². The molecule has 0 spiro atoms. The van der Waals surface area contributed by atoms with Crippen LogP contribution in [0.4, 0.5) is 5.69 Å². The average molecular weight is 437 g/mol. The van der Waals surface area contributed by atoms with Gasteiger partial charge in [-0.1, -0.05) is 25.4 Å². The maximum Gasteiger partial charge on any atom is 0.255 e. The molecule has 1 fully saturated rings. The van der Waals surface area contributed by atoms with Crippen molar-refractivity contribution in [2.45, 2.75) is 25.2 Å². The third kappa shape index (κ3) is 4.91. The number of ether oxygens (including phenoxy) is 1. The molecule has 1 heterocycles. The summed E-state index contributed by atoms with van der Waals surface area (Å²) < 4.78 is 32.5. The Labute approximate surface area is 176 Å². The summed E-state index contributed by atoms with van der Waals surface area (Å²) in [7, 11) is -2.06. The van der Waals surface area contributed by atoms with Gasteiger partial charge in [0.1, 0.15) is 5.75 Å². The number of carbonyl (C=O) groups excluding carboxylic acids is 1. The van der Waals surface area contributed by atoms with Crippen molar-refractivity contribution in [1.82, 2.24) is 4.31 Å². The number of halogens is 1. The van der Waals surface area contributed by atoms with Crippen molar-refractivity contribution in [3.05, 3.63) is 53.1 Å². The number of amides is 1. The topological polar surface area (TPSA) is 75.7 Å². The minimum absolute atomic E-state index is 0.197. The van der Waals surface area contributed by atoms with Crippen LogP contribution in [0.25, 0.3) is 0 Å². The highest BCUT2D eigenvalue weighted by atomic mass is 35.5. The molecule has 0 aliphatic carbocycles.